The zero-order valence-corrected chi connectivity index (χ0v) is 13.3. The van der Waals surface area contributed by atoms with Crippen molar-refractivity contribution < 1.29 is 9.13 Å². The first kappa shape index (κ1) is 17.5. The molecule has 1 atom stereocenters. The van der Waals surface area contributed by atoms with Crippen LogP contribution in [-0.4, -0.2) is 38.8 Å². The van der Waals surface area contributed by atoms with Crippen LogP contribution in [0.5, 0.6) is 0 Å². The summed E-state index contributed by atoms with van der Waals surface area (Å²) in [4.78, 5) is 0. The van der Waals surface area contributed by atoms with E-state index in [1.807, 2.05) is 23.9 Å². The molecule has 0 amide bonds. The molecule has 0 aliphatic heterocycles. The van der Waals surface area contributed by atoms with E-state index >= 15 is 0 Å². The van der Waals surface area contributed by atoms with E-state index < -0.39 is 0 Å². The molecule has 0 aliphatic rings. The maximum atomic E-state index is 12.9. The van der Waals surface area contributed by atoms with Gasteiger partial charge in [-0.25, -0.2) is 4.39 Å². The van der Waals surface area contributed by atoms with Crippen LogP contribution in [0.1, 0.15) is 18.4 Å². The van der Waals surface area contributed by atoms with Crippen LogP contribution >= 0.6 is 11.8 Å². The molecule has 1 unspecified atom stereocenters. The lowest BCUT2D eigenvalue weighted by Gasteiger charge is -2.17. The normalized spacial score (nSPS) is 12.6. The number of hydrogen-bond donors (Lipinski definition) is 1. The predicted molar refractivity (Wildman–Crippen MR) is 86.0 cm³/mol. The Bertz CT molecular complexity index is 345. The Labute approximate surface area is 126 Å². The van der Waals surface area contributed by atoms with Crippen molar-refractivity contribution in [3.05, 3.63) is 35.6 Å². The van der Waals surface area contributed by atoms with E-state index in [0.29, 0.717) is 5.92 Å². The lowest BCUT2D eigenvalue weighted by molar-refractivity contribution is 0.197. The Kier molecular flexibility index (Phi) is 9.71. The van der Waals surface area contributed by atoms with Crippen LogP contribution in [0.3, 0.4) is 0 Å². The lowest BCUT2D eigenvalue weighted by atomic mass is 9.95. The molecule has 0 aliphatic carbocycles. The first-order valence-corrected chi connectivity index (χ1v) is 8.58. The van der Waals surface area contributed by atoms with Crippen LogP contribution in [0.2, 0.25) is 0 Å². The van der Waals surface area contributed by atoms with Gasteiger partial charge in [0.05, 0.1) is 6.61 Å². The van der Waals surface area contributed by atoms with E-state index in [0.717, 1.165) is 26.1 Å². The van der Waals surface area contributed by atoms with Crippen molar-refractivity contribution in [2.45, 2.75) is 19.3 Å². The summed E-state index contributed by atoms with van der Waals surface area (Å²) in [6.07, 6.45) is 5.59. The SMILES string of the molecule is COCCNCC(CCCSC)Cc1ccc(F)cc1. The van der Waals surface area contributed by atoms with Gasteiger partial charge in [-0.05, 0) is 61.4 Å². The van der Waals surface area contributed by atoms with Crippen molar-refractivity contribution in [3.8, 4) is 0 Å². The van der Waals surface area contributed by atoms with Gasteiger partial charge in [-0.1, -0.05) is 12.1 Å². The van der Waals surface area contributed by atoms with Crippen LogP contribution in [0.4, 0.5) is 4.39 Å². The summed E-state index contributed by atoms with van der Waals surface area (Å²) in [5.74, 6) is 1.65. The maximum Gasteiger partial charge on any atom is 0.123 e. The molecule has 0 radical (unpaired) electrons. The molecular weight excluding hydrogens is 273 g/mol. The molecule has 1 aromatic carbocycles. The van der Waals surface area contributed by atoms with Crippen molar-refractivity contribution in [1.29, 1.82) is 0 Å². The topological polar surface area (TPSA) is 21.3 Å². The number of methoxy groups -OCH3 is 1. The summed E-state index contributed by atoms with van der Waals surface area (Å²) >= 11 is 1.89. The third-order valence-corrected chi connectivity index (χ3v) is 4.01. The highest BCUT2D eigenvalue weighted by atomic mass is 32.2. The number of nitrogens with one attached hydrogen (secondary N) is 1. The number of ether oxygens (including phenoxy) is 1. The highest BCUT2D eigenvalue weighted by Gasteiger charge is 2.09. The minimum absolute atomic E-state index is 0.161. The minimum Gasteiger partial charge on any atom is -0.383 e. The molecule has 1 rings (SSSR count). The van der Waals surface area contributed by atoms with Gasteiger partial charge in [-0.2, -0.15) is 11.8 Å². The number of hydrogen-bond acceptors (Lipinski definition) is 3. The summed E-state index contributed by atoms with van der Waals surface area (Å²) in [6.45, 7) is 2.63. The van der Waals surface area contributed by atoms with Crippen LogP contribution in [0.15, 0.2) is 24.3 Å². The molecule has 1 N–H and O–H groups in total. The van der Waals surface area contributed by atoms with Gasteiger partial charge in [0, 0.05) is 13.7 Å². The predicted octanol–water partition coefficient (Wildman–Crippen LogP) is 3.36. The Morgan fingerprint density at radius 1 is 1.30 bits per heavy atom. The summed E-state index contributed by atoms with van der Waals surface area (Å²) < 4.78 is 18.0. The van der Waals surface area contributed by atoms with Crippen molar-refractivity contribution in [3.63, 3.8) is 0 Å². The second kappa shape index (κ2) is 11.1. The monoisotopic (exact) mass is 299 g/mol. The Morgan fingerprint density at radius 2 is 2.05 bits per heavy atom. The second-order valence-corrected chi connectivity index (χ2v) is 6.01. The van der Waals surface area contributed by atoms with E-state index in [1.54, 1.807) is 19.2 Å². The van der Waals surface area contributed by atoms with Crippen LogP contribution in [0.25, 0.3) is 0 Å². The van der Waals surface area contributed by atoms with Crippen LogP contribution < -0.4 is 5.32 Å². The van der Waals surface area contributed by atoms with E-state index in [-0.39, 0.29) is 5.82 Å². The average Bonchev–Trinajstić information content (AvgIpc) is 2.46. The number of halogens is 1. The standard InChI is InChI=1S/C16H26FNOS/c1-19-10-9-18-13-15(4-3-11-20-2)12-14-5-7-16(17)8-6-14/h5-8,15,18H,3-4,9-13H2,1-2H3. The van der Waals surface area contributed by atoms with Crippen molar-refractivity contribution >= 4 is 11.8 Å². The molecule has 0 bridgehead atoms. The number of rotatable bonds is 11. The lowest BCUT2D eigenvalue weighted by Crippen LogP contribution is -2.27. The summed E-state index contributed by atoms with van der Waals surface area (Å²) in [5, 5.41) is 3.44. The van der Waals surface area contributed by atoms with Crippen molar-refractivity contribution in [2.75, 3.05) is 38.8 Å². The second-order valence-electron chi connectivity index (χ2n) is 5.03. The van der Waals surface area contributed by atoms with E-state index in [1.165, 1.54) is 24.2 Å². The molecular formula is C16H26FNOS. The quantitative estimate of drug-likeness (QED) is 0.633. The molecule has 1 aromatic rings. The van der Waals surface area contributed by atoms with Gasteiger partial charge in [-0.3, -0.25) is 0 Å². The van der Waals surface area contributed by atoms with Gasteiger partial charge in [0.15, 0.2) is 0 Å². The fourth-order valence-corrected chi connectivity index (χ4v) is 2.68. The van der Waals surface area contributed by atoms with Crippen molar-refractivity contribution in [1.82, 2.24) is 5.32 Å². The average molecular weight is 299 g/mol. The first-order chi connectivity index (χ1) is 9.76. The first-order valence-electron chi connectivity index (χ1n) is 7.19. The zero-order chi connectivity index (χ0) is 14.6. The zero-order valence-electron chi connectivity index (χ0n) is 12.5. The Hall–Kier alpha value is -0.580. The highest BCUT2D eigenvalue weighted by molar-refractivity contribution is 7.98. The van der Waals surface area contributed by atoms with Crippen LogP contribution in [-0.2, 0) is 11.2 Å². The fraction of sp³-hybridized carbons (Fsp3) is 0.625. The van der Waals surface area contributed by atoms with Crippen molar-refractivity contribution in [2.24, 2.45) is 5.92 Å². The van der Waals surface area contributed by atoms with Gasteiger partial charge in [0.1, 0.15) is 5.82 Å². The van der Waals surface area contributed by atoms with Gasteiger partial charge in [0.25, 0.3) is 0 Å². The number of thioether (sulfide) groups is 1. The fourth-order valence-electron chi connectivity index (χ4n) is 2.23. The molecule has 0 heterocycles. The smallest absolute Gasteiger partial charge is 0.123 e. The summed E-state index contributed by atoms with van der Waals surface area (Å²) in [7, 11) is 1.72. The minimum atomic E-state index is -0.161. The van der Waals surface area contributed by atoms with E-state index in [2.05, 4.69) is 11.6 Å². The highest BCUT2D eigenvalue weighted by Crippen LogP contribution is 2.15. The number of benzene rings is 1. The molecule has 2 nitrogen and oxygen atoms in total. The third-order valence-electron chi connectivity index (χ3n) is 3.31. The molecule has 114 valence electrons. The maximum absolute atomic E-state index is 12.9. The molecule has 20 heavy (non-hydrogen) atoms. The van der Waals surface area contributed by atoms with Gasteiger partial charge < -0.3 is 10.1 Å². The molecule has 0 saturated heterocycles. The molecule has 0 saturated carbocycles. The molecule has 0 fully saturated rings. The van der Waals surface area contributed by atoms with Gasteiger partial charge in [-0.15, -0.1) is 0 Å². The van der Waals surface area contributed by atoms with Crippen LogP contribution in [0, 0.1) is 11.7 Å². The van der Waals surface area contributed by atoms with Gasteiger partial charge >= 0.3 is 0 Å². The van der Waals surface area contributed by atoms with E-state index in [9.17, 15) is 4.39 Å². The molecule has 4 heteroatoms. The van der Waals surface area contributed by atoms with E-state index in [4.69, 9.17) is 4.74 Å². The molecule has 0 aromatic heterocycles. The Balaban J connectivity index is 2.41. The van der Waals surface area contributed by atoms with Gasteiger partial charge in [0.2, 0.25) is 0 Å². The third kappa shape index (κ3) is 7.88. The summed E-state index contributed by atoms with van der Waals surface area (Å²) in [5.41, 5.74) is 1.22. The molecule has 0 spiro atoms. The largest absolute Gasteiger partial charge is 0.383 e. The Morgan fingerprint density at radius 3 is 2.70 bits per heavy atom. The summed E-state index contributed by atoms with van der Waals surface area (Å²) in [6, 6.07) is 6.89.